The zero-order chi connectivity index (χ0) is 21.1. The van der Waals surface area contributed by atoms with E-state index in [9.17, 15) is 9.90 Å². The molecular formula is C25H36N2O3. The summed E-state index contributed by atoms with van der Waals surface area (Å²) in [5, 5.41) is 12.9. The van der Waals surface area contributed by atoms with Crippen molar-refractivity contribution in [2.24, 2.45) is 5.92 Å². The number of rotatable bonds is 6. The normalized spacial score (nSPS) is 26.0. The standard InChI is InChI=1S/C25H36N2O3/c1-25(2,29)24(28)26-21-11-9-18(10-12-21)13-15-27-14-4-3-7-22(27)20-16-19-6-5-8-23(19)30-17-20/h5-6,8,16-18,21-22,29H,3-4,7,9-15H2,1-2H3,(H,26,28)/t18-,21-,22?. The number of piperidine rings is 1. The second-order valence-electron chi connectivity index (χ2n) is 9.81. The van der Waals surface area contributed by atoms with Crippen LogP contribution < -0.4 is 5.32 Å². The average Bonchev–Trinajstić information content (AvgIpc) is 3.20. The van der Waals surface area contributed by atoms with Gasteiger partial charge in [-0.3, -0.25) is 9.69 Å². The Kier molecular flexibility index (Phi) is 6.49. The van der Waals surface area contributed by atoms with Crippen LogP contribution in [-0.4, -0.2) is 40.6 Å². The van der Waals surface area contributed by atoms with E-state index in [-0.39, 0.29) is 11.9 Å². The maximum absolute atomic E-state index is 12.0. The summed E-state index contributed by atoms with van der Waals surface area (Å²) in [5.74, 6) is 1.44. The number of hydrogen-bond acceptors (Lipinski definition) is 4. The van der Waals surface area contributed by atoms with Crippen molar-refractivity contribution in [2.75, 3.05) is 13.1 Å². The molecule has 0 aromatic heterocycles. The number of amides is 1. The molecule has 1 unspecified atom stereocenters. The van der Waals surface area contributed by atoms with Gasteiger partial charge < -0.3 is 14.8 Å². The number of likely N-dealkylation sites (tertiary alicyclic amines) is 1. The molecule has 2 fully saturated rings. The predicted octanol–water partition coefficient (Wildman–Crippen LogP) is 4.75. The third kappa shape index (κ3) is 5.06. The van der Waals surface area contributed by atoms with E-state index in [4.69, 9.17) is 4.42 Å². The van der Waals surface area contributed by atoms with Gasteiger partial charge in [-0.25, -0.2) is 0 Å². The van der Waals surface area contributed by atoms with Crippen LogP contribution in [0.3, 0.4) is 0 Å². The van der Waals surface area contributed by atoms with Gasteiger partial charge in [0.1, 0.15) is 11.4 Å². The first-order chi connectivity index (χ1) is 14.4. The quantitative estimate of drug-likeness (QED) is 0.719. The number of fused-ring (bicyclic) bond motifs is 1. The molecule has 2 N–H and O–H groups in total. The van der Waals surface area contributed by atoms with E-state index in [1.165, 1.54) is 43.4 Å². The minimum Gasteiger partial charge on any atom is -0.464 e. The summed E-state index contributed by atoms with van der Waals surface area (Å²) >= 11 is 0. The third-order valence-corrected chi connectivity index (χ3v) is 7.01. The van der Waals surface area contributed by atoms with Crippen LogP contribution in [-0.2, 0) is 4.79 Å². The molecule has 1 amide bonds. The largest absolute Gasteiger partial charge is 0.464 e. The zero-order valence-corrected chi connectivity index (χ0v) is 18.4. The molecule has 4 rings (SSSR count). The van der Waals surface area contributed by atoms with Crippen LogP contribution in [0.2, 0.25) is 0 Å². The summed E-state index contributed by atoms with van der Waals surface area (Å²) in [6.07, 6.45) is 11.3. The first kappa shape index (κ1) is 21.4. The van der Waals surface area contributed by atoms with Crippen LogP contribution in [0.5, 0.6) is 0 Å². The molecule has 1 saturated heterocycles. The fourth-order valence-corrected chi connectivity index (χ4v) is 5.11. The lowest BCUT2D eigenvalue weighted by atomic mass is 9.83. The predicted molar refractivity (Wildman–Crippen MR) is 118 cm³/mol. The van der Waals surface area contributed by atoms with Gasteiger partial charge in [0.25, 0.3) is 5.91 Å². The van der Waals surface area contributed by atoms with Gasteiger partial charge in [-0.05, 0) is 89.9 Å². The highest BCUT2D eigenvalue weighted by Gasteiger charge is 2.30. The second kappa shape index (κ2) is 9.11. The molecule has 0 aromatic carbocycles. The van der Waals surface area contributed by atoms with Crippen molar-refractivity contribution in [3.63, 3.8) is 0 Å². The number of hydrogen-bond donors (Lipinski definition) is 2. The average molecular weight is 413 g/mol. The van der Waals surface area contributed by atoms with Gasteiger partial charge in [-0.1, -0.05) is 18.6 Å². The van der Waals surface area contributed by atoms with Crippen molar-refractivity contribution in [2.45, 2.75) is 82.9 Å². The lowest BCUT2D eigenvalue weighted by molar-refractivity contribution is -0.137. The van der Waals surface area contributed by atoms with E-state index < -0.39 is 5.60 Å². The highest BCUT2D eigenvalue weighted by atomic mass is 16.3. The minimum atomic E-state index is -1.29. The number of aliphatic hydroxyl groups is 1. The van der Waals surface area contributed by atoms with Crippen LogP contribution in [0.4, 0.5) is 0 Å². The molecule has 0 aromatic rings. The Labute approximate surface area is 180 Å². The maximum Gasteiger partial charge on any atom is 0.251 e. The first-order valence-corrected chi connectivity index (χ1v) is 11.6. The van der Waals surface area contributed by atoms with E-state index in [1.54, 1.807) is 13.8 Å². The first-order valence-electron chi connectivity index (χ1n) is 11.6. The van der Waals surface area contributed by atoms with Gasteiger partial charge in [-0.15, -0.1) is 0 Å². The van der Waals surface area contributed by atoms with E-state index in [1.807, 2.05) is 12.3 Å². The van der Waals surface area contributed by atoms with E-state index in [0.29, 0.717) is 6.04 Å². The molecule has 2 aliphatic carbocycles. The third-order valence-electron chi connectivity index (χ3n) is 7.01. The Balaban J connectivity index is 1.29. The molecule has 30 heavy (non-hydrogen) atoms. The van der Waals surface area contributed by atoms with Crippen LogP contribution in [0, 0.1) is 5.92 Å². The number of nitrogens with zero attached hydrogens (tertiary/aromatic N) is 1. The lowest BCUT2D eigenvalue weighted by Crippen LogP contribution is -2.47. The molecule has 4 aliphatic rings. The fourth-order valence-electron chi connectivity index (χ4n) is 5.11. The smallest absolute Gasteiger partial charge is 0.251 e. The highest BCUT2D eigenvalue weighted by molar-refractivity contribution is 5.84. The molecular weight excluding hydrogens is 376 g/mol. The number of nitrogens with one attached hydrogen (secondary N) is 1. The van der Waals surface area contributed by atoms with E-state index in [2.05, 4.69) is 28.4 Å². The Morgan fingerprint density at radius 2 is 2.00 bits per heavy atom. The summed E-state index contributed by atoms with van der Waals surface area (Å²) in [6.45, 7) is 5.40. The van der Waals surface area contributed by atoms with Crippen LogP contribution in [0.1, 0.15) is 76.8 Å². The SMILES string of the molecule is CC(C)(O)C(=O)N[C@H]1CC[C@H](CCN2CCCCC2c2coc3cccc-3c2)CC1. The van der Waals surface area contributed by atoms with Crippen LogP contribution in [0.25, 0.3) is 11.3 Å². The molecule has 2 aliphatic heterocycles. The second-order valence-corrected chi connectivity index (χ2v) is 9.81. The number of carbonyl (C=O) groups excluding carboxylic acids is 1. The topological polar surface area (TPSA) is 65.7 Å². The summed E-state index contributed by atoms with van der Waals surface area (Å²) in [5.41, 5.74) is 1.22. The highest BCUT2D eigenvalue weighted by Crippen LogP contribution is 2.36. The van der Waals surface area contributed by atoms with Crippen molar-refractivity contribution >= 4 is 5.91 Å². The van der Waals surface area contributed by atoms with E-state index >= 15 is 0 Å². The van der Waals surface area contributed by atoms with E-state index in [0.717, 1.165) is 43.9 Å². The van der Waals surface area contributed by atoms with Crippen molar-refractivity contribution in [3.05, 3.63) is 36.1 Å². The van der Waals surface area contributed by atoms with Crippen LogP contribution in [0.15, 0.2) is 34.9 Å². The molecule has 1 saturated carbocycles. The summed E-state index contributed by atoms with van der Waals surface area (Å²) < 4.78 is 5.87. The molecule has 5 nitrogen and oxygen atoms in total. The Hall–Kier alpha value is -1.85. The molecule has 0 radical (unpaired) electrons. The van der Waals surface area contributed by atoms with Gasteiger partial charge in [0.05, 0.1) is 6.26 Å². The maximum atomic E-state index is 12.0. The van der Waals surface area contributed by atoms with Crippen LogP contribution >= 0.6 is 0 Å². The Morgan fingerprint density at radius 3 is 2.77 bits per heavy atom. The minimum absolute atomic E-state index is 0.209. The molecule has 0 bridgehead atoms. The summed E-state index contributed by atoms with van der Waals surface area (Å²) in [6, 6.07) is 9.18. The van der Waals surface area contributed by atoms with Crippen molar-refractivity contribution in [1.29, 1.82) is 0 Å². The molecule has 2 heterocycles. The Bertz CT molecular complexity index is 801. The molecule has 5 heteroatoms. The van der Waals surface area contributed by atoms with Gasteiger partial charge >= 0.3 is 0 Å². The summed E-state index contributed by atoms with van der Waals surface area (Å²) in [7, 11) is 0. The van der Waals surface area contributed by atoms with Gasteiger partial charge in [0, 0.05) is 23.2 Å². The molecule has 1 atom stereocenters. The van der Waals surface area contributed by atoms with Crippen molar-refractivity contribution in [1.82, 2.24) is 10.2 Å². The monoisotopic (exact) mass is 412 g/mol. The number of carbonyl (C=O) groups is 1. The molecule has 0 spiro atoms. The fraction of sp³-hybridized carbons (Fsp3) is 0.640. The summed E-state index contributed by atoms with van der Waals surface area (Å²) in [4.78, 5) is 14.7. The Morgan fingerprint density at radius 1 is 1.20 bits per heavy atom. The molecule has 164 valence electrons. The van der Waals surface area contributed by atoms with Gasteiger partial charge in [0.15, 0.2) is 0 Å². The lowest BCUT2D eigenvalue weighted by Gasteiger charge is -2.37. The van der Waals surface area contributed by atoms with Crippen molar-refractivity contribution < 1.29 is 14.3 Å². The van der Waals surface area contributed by atoms with Gasteiger partial charge in [0.2, 0.25) is 0 Å². The van der Waals surface area contributed by atoms with Crippen molar-refractivity contribution in [3.8, 4) is 11.3 Å². The van der Waals surface area contributed by atoms with Gasteiger partial charge in [-0.2, -0.15) is 0 Å². The zero-order valence-electron chi connectivity index (χ0n) is 18.4.